The summed E-state index contributed by atoms with van der Waals surface area (Å²) in [4.78, 5) is 10.4. The number of hydrogen-bond donors (Lipinski definition) is 0. The standard InChI is InChI=1S/C8H11ClIN3/c1-3-13(4-2)8-11-5-6(10)7(9)12-8/h5H,3-4H2,1-2H3. The van der Waals surface area contributed by atoms with Gasteiger partial charge in [0.1, 0.15) is 5.15 Å². The van der Waals surface area contributed by atoms with Gasteiger partial charge in [-0.1, -0.05) is 11.6 Å². The van der Waals surface area contributed by atoms with Gasteiger partial charge >= 0.3 is 0 Å². The summed E-state index contributed by atoms with van der Waals surface area (Å²) in [6.07, 6.45) is 1.74. The zero-order chi connectivity index (χ0) is 9.84. The average Bonchev–Trinajstić information content (AvgIpc) is 2.13. The predicted molar refractivity (Wildman–Crippen MR) is 63.3 cm³/mol. The molecule has 0 bridgehead atoms. The van der Waals surface area contributed by atoms with Gasteiger partial charge in [-0.25, -0.2) is 4.98 Å². The third-order valence-corrected chi connectivity index (χ3v) is 3.13. The van der Waals surface area contributed by atoms with Crippen LogP contribution in [0.15, 0.2) is 6.20 Å². The van der Waals surface area contributed by atoms with E-state index in [4.69, 9.17) is 11.6 Å². The molecular weight excluding hydrogens is 300 g/mol. The highest BCUT2D eigenvalue weighted by Crippen LogP contribution is 2.17. The molecule has 0 atom stereocenters. The van der Waals surface area contributed by atoms with E-state index < -0.39 is 0 Å². The Bertz CT molecular complexity index is 289. The third kappa shape index (κ3) is 2.67. The molecule has 3 nitrogen and oxygen atoms in total. The van der Waals surface area contributed by atoms with E-state index in [0.29, 0.717) is 11.1 Å². The third-order valence-electron chi connectivity index (χ3n) is 1.73. The minimum Gasteiger partial charge on any atom is -0.341 e. The summed E-state index contributed by atoms with van der Waals surface area (Å²) >= 11 is 8.00. The molecule has 1 heterocycles. The van der Waals surface area contributed by atoms with E-state index in [-0.39, 0.29) is 0 Å². The molecule has 0 amide bonds. The van der Waals surface area contributed by atoms with Crippen LogP contribution in [0.4, 0.5) is 5.95 Å². The van der Waals surface area contributed by atoms with Crippen molar-refractivity contribution in [2.75, 3.05) is 18.0 Å². The van der Waals surface area contributed by atoms with Crippen LogP contribution in [0.3, 0.4) is 0 Å². The zero-order valence-corrected chi connectivity index (χ0v) is 10.5. The van der Waals surface area contributed by atoms with E-state index in [2.05, 4.69) is 51.3 Å². The highest BCUT2D eigenvalue weighted by Gasteiger charge is 2.07. The Hall–Kier alpha value is -0.100. The van der Waals surface area contributed by atoms with Crippen molar-refractivity contribution in [3.63, 3.8) is 0 Å². The number of rotatable bonds is 3. The Morgan fingerprint density at radius 3 is 2.54 bits per heavy atom. The van der Waals surface area contributed by atoms with Crippen LogP contribution in [0.25, 0.3) is 0 Å². The van der Waals surface area contributed by atoms with Gasteiger partial charge in [0, 0.05) is 19.3 Å². The lowest BCUT2D eigenvalue weighted by molar-refractivity contribution is 0.820. The highest BCUT2D eigenvalue weighted by molar-refractivity contribution is 14.1. The number of hydrogen-bond acceptors (Lipinski definition) is 3. The Kier molecular flexibility index (Phi) is 4.18. The number of nitrogens with zero attached hydrogens (tertiary/aromatic N) is 3. The predicted octanol–water partition coefficient (Wildman–Crippen LogP) is 2.58. The van der Waals surface area contributed by atoms with E-state index in [0.717, 1.165) is 16.7 Å². The Labute approximate surface area is 96.7 Å². The fourth-order valence-corrected chi connectivity index (χ4v) is 1.38. The van der Waals surface area contributed by atoms with Gasteiger partial charge in [0.2, 0.25) is 5.95 Å². The van der Waals surface area contributed by atoms with E-state index in [1.54, 1.807) is 6.20 Å². The lowest BCUT2D eigenvalue weighted by Gasteiger charge is -2.18. The summed E-state index contributed by atoms with van der Waals surface area (Å²) in [5.74, 6) is 0.704. The maximum atomic E-state index is 5.89. The molecule has 0 aliphatic rings. The second-order valence-corrected chi connectivity index (χ2v) is 4.00. The van der Waals surface area contributed by atoms with Crippen LogP contribution in [0, 0.1) is 3.57 Å². The molecule has 0 saturated carbocycles. The van der Waals surface area contributed by atoms with Gasteiger partial charge in [-0.15, -0.1) is 0 Å². The lowest BCUT2D eigenvalue weighted by Crippen LogP contribution is -2.24. The lowest BCUT2D eigenvalue weighted by atomic mass is 10.5. The van der Waals surface area contributed by atoms with Gasteiger partial charge in [0.15, 0.2) is 0 Å². The smallest absolute Gasteiger partial charge is 0.226 e. The average molecular weight is 312 g/mol. The normalized spacial score (nSPS) is 10.2. The largest absolute Gasteiger partial charge is 0.341 e. The fraction of sp³-hybridized carbons (Fsp3) is 0.500. The van der Waals surface area contributed by atoms with Crippen LogP contribution in [-0.2, 0) is 0 Å². The van der Waals surface area contributed by atoms with Crippen molar-refractivity contribution >= 4 is 40.1 Å². The zero-order valence-electron chi connectivity index (χ0n) is 7.59. The van der Waals surface area contributed by atoms with Crippen LogP contribution < -0.4 is 4.90 Å². The van der Waals surface area contributed by atoms with Gasteiger partial charge < -0.3 is 4.90 Å². The molecule has 1 rings (SSSR count). The second-order valence-electron chi connectivity index (χ2n) is 2.48. The van der Waals surface area contributed by atoms with Gasteiger partial charge in [-0.3, -0.25) is 0 Å². The molecule has 0 saturated heterocycles. The molecule has 72 valence electrons. The molecule has 13 heavy (non-hydrogen) atoms. The van der Waals surface area contributed by atoms with Crippen molar-refractivity contribution in [2.45, 2.75) is 13.8 Å². The monoisotopic (exact) mass is 311 g/mol. The molecular formula is C8H11ClIN3. The molecule has 0 fully saturated rings. The van der Waals surface area contributed by atoms with Crippen molar-refractivity contribution in [1.29, 1.82) is 0 Å². The van der Waals surface area contributed by atoms with Crippen LogP contribution in [0.2, 0.25) is 5.15 Å². The van der Waals surface area contributed by atoms with Crippen LogP contribution in [-0.4, -0.2) is 23.1 Å². The molecule has 0 aromatic carbocycles. The number of halogens is 2. The molecule has 5 heteroatoms. The van der Waals surface area contributed by atoms with Crippen molar-refractivity contribution < 1.29 is 0 Å². The molecule has 0 spiro atoms. The maximum Gasteiger partial charge on any atom is 0.226 e. The quantitative estimate of drug-likeness (QED) is 0.634. The first-order chi connectivity index (χ1) is 6.19. The number of anilines is 1. The van der Waals surface area contributed by atoms with E-state index in [1.807, 2.05) is 0 Å². The van der Waals surface area contributed by atoms with E-state index in [1.165, 1.54) is 0 Å². The van der Waals surface area contributed by atoms with E-state index >= 15 is 0 Å². The summed E-state index contributed by atoms with van der Waals surface area (Å²) < 4.78 is 0.884. The van der Waals surface area contributed by atoms with E-state index in [9.17, 15) is 0 Å². The van der Waals surface area contributed by atoms with Gasteiger partial charge in [-0.2, -0.15) is 4.98 Å². The molecule has 1 aromatic rings. The van der Waals surface area contributed by atoms with Gasteiger partial charge in [-0.05, 0) is 36.4 Å². The summed E-state index contributed by atoms with van der Waals surface area (Å²) in [7, 11) is 0. The SMILES string of the molecule is CCN(CC)c1ncc(I)c(Cl)n1. The molecule has 0 N–H and O–H groups in total. The first-order valence-corrected chi connectivity index (χ1v) is 5.57. The summed E-state index contributed by atoms with van der Waals surface area (Å²) in [5, 5.41) is 0.525. The fourth-order valence-electron chi connectivity index (χ4n) is 0.997. The Balaban J connectivity index is 2.95. The molecule has 0 aliphatic carbocycles. The van der Waals surface area contributed by atoms with Crippen molar-refractivity contribution in [1.82, 2.24) is 9.97 Å². The van der Waals surface area contributed by atoms with Crippen molar-refractivity contribution in [3.05, 3.63) is 14.9 Å². The highest BCUT2D eigenvalue weighted by atomic mass is 127. The molecule has 0 unspecified atom stereocenters. The first-order valence-electron chi connectivity index (χ1n) is 4.12. The van der Waals surface area contributed by atoms with Gasteiger partial charge in [0.05, 0.1) is 3.57 Å². The Morgan fingerprint density at radius 1 is 1.46 bits per heavy atom. The maximum absolute atomic E-state index is 5.89. The topological polar surface area (TPSA) is 29.0 Å². The summed E-state index contributed by atoms with van der Waals surface area (Å²) in [5.41, 5.74) is 0. The van der Waals surface area contributed by atoms with Crippen LogP contribution >= 0.6 is 34.2 Å². The Morgan fingerprint density at radius 2 is 2.08 bits per heavy atom. The minimum atomic E-state index is 0.525. The molecule has 0 aliphatic heterocycles. The van der Waals surface area contributed by atoms with Crippen LogP contribution in [0.1, 0.15) is 13.8 Å². The summed E-state index contributed by atoms with van der Waals surface area (Å²) in [6.45, 7) is 5.93. The number of aromatic nitrogens is 2. The van der Waals surface area contributed by atoms with Crippen molar-refractivity contribution in [3.8, 4) is 0 Å². The molecule has 1 aromatic heterocycles. The molecule has 0 radical (unpaired) electrons. The first kappa shape index (κ1) is 11.0. The second kappa shape index (κ2) is 4.95. The van der Waals surface area contributed by atoms with Crippen LogP contribution in [0.5, 0.6) is 0 Å². The van der Waals surface area contributed by atoms with Crippen molar-refractivity contribution in [2.24, 2.45) is 0 Å². The van der Waals surface area contributed by atoms with Gasteiger partial charge in [0.25, 0.3) is 0 Å². The summed E-state index contributed by atoms with van der Waals surface area (Å²) in [6, 6.07) is 0. The minimum absolute atomic E-state index is 0.525.